The van der Waals surface area contributed by atoms with Gasteiger partial charge in [0.25, 0.3) is 0 Å². The van der Waals surface area contributed by atoms with Gasteiger partial charge in [0.1, 0.15) is 5.82 Å². The summed E-state index contributed by atoms with van der Waals surface area (Å²) < 4.78 is 17.5. The van der Waals surface area contributed by atoms with E-state index >= 15 is 0 Å². The highest BCUT2D eigenvalue weighted by Gasteiger charge is 2.21. The lowest BCUT2D eigenvalue weighted by Gasteiger charge is -2.21. The summed E-state index contributed by atoms with van der Waals surface area (Å²) in [7, 11) is 0. The highest BCUT2D eigenvalue weighted by atomic mass is 19.1. The molecular formula is C11H11FO2. The highest BCUT2D eigenvalue weighted by molar-refractivity contribution is 5.71. The van der Waals surface area contributed by atoms with Gasteiger partial charge in [-0.15, -0.1) is 0 Å². The Morgan fingerprint density at radius 2 is 2.00 bits per heavy atom. The van der Waals surface area contributed by atoms with Crippen molar-refractivity contribution in [1.29, 1.82) is 0 Å². The number of cyclic esters (lactones) is 1. The van der Waals surface area contributed by atoms with Crippen LogP contribution in [0.4, 0.5) is 4.39 Å². The van der Waals surface area contributed by atoms with Gasteiger partial charge in [0.15, 0.2) is 0 Å². The maximum Gasteiger partial charge on any atom is 0.306 e. The molecule has 1 aromatic rings. The van der Waals surface area contributed by atoms with E-state index < -0.39 is 0 Å². The van der Waals surface area contributed by atoms with Gasteiger partial charge in [-0.25, -0.2) is 4.39 Å². The average molecular weight is 194 g/mol. The molecule has 1 aliphatic rings. The molecule has 74 valence electrons. The van der Waals surface area contributed by atoms with Gasteiger partial charge in [-0.3, -0.25) is 4.79 Å². The van der Waals surface area contributed by atoms with E-state index in [1.807, 2.05) is 0 Å². The summed E-state index contributed by atoms with van der Waals surface area (Å²) in [5.41, 5.74) is 1.02. The fourth-order valence-electron chi connectivity index (χ4n) is 1.70. The van der Waals surface area contributed by atoms with E-state index in [1.165, 1.54) is 12.1 Å². The van der Waals surface area contributed by atoms with E-state index in [2.05, 4.69) is 0 Å². The molecule has 0 unspecified atom stereocenters. The maximum absolute atomic E-state index is 12.6. The van der Waals surface area contributed by atoms with Gasteiger partial charge in [0, 0.05) is 0 Å². The summed E-state index contributed by atoms with van der Waals surface area (Å²) in [4.78, 5) is 11.0. The first-order valence-corrected chi connectivity index (χ1v) is 4.67. The maximum atomic E-state index is 12.6. The number of hydrogen-bond acceptors (Lipinski definition) is 2. The van der Waals surface area contributed by atoms with Crippen molar-refractivity contribution >= 4 is 5.97 Å². The second kappa shape index (κ2) is 3.78. The average Bonchev–Trinajstić information content (AvgIpc) is 2.19. The van der Waals surface area contributed by atoms with E-state index in [-0.39, 0.29) is 17.7 Å². The lowest BCUT2D eigenvalue weighted by Crippen LogP contribution is -2.19. The summed E-state index contributed by atoms with van der Waals surface area (Å²) in [5, 5.41) is 0. The quantitative estimate of drug-likeness (QED) is 0.641. The number of ether oxygens (including phenoxy) is 1. The van der Waals surface area contributed by atoms with Gasteiger partial charge in [-0.05, 0) is 30.0 Å². The van der Waals surface area contributed by atoms with E-state index in [0.29, 0.717) is 13.0 Å². The van der Waals surface area contributed by atoms with Crippen molar-refractivity contribution in [1.82, 2.24) is 0 Å². The number of esters is 1. The highest BCUT2D eigenvalue weighted by Crippen LogP contribution is 2.27. The van der Waals surface area contributed by atoms with Gasteiger partial charge in [-0.2, -0.15) is 0 Å². The van der Waals surface area contributed by atoms with E-state index in [1.54, 1.807) is 12.1 Å². The molecule has 3 heteroatoms. The molecule has 0 amide bonds. The minimum atomic E-state index is -0.243. The van der Waals surface area contributed by atoms with Gasteiger partial charge >= 0.3 is 5.97 Å². The van der Waals surface area contributed by atoms with Crippen molar-refractivity contribution in [3.63, 3.8) is 0 Å². The van der Waals surface area contributed by atoms with Crippen LogP contribution in [-0.4, -0.2) is 12.6 Å². The summed E-state index contributed by atoms with van der Waals surface area (Å²) in [6, 6.07) is 6.32. The second-order valence-corrected chi connectivity index (χ2v) is 3.46. The molecule has 1 aliphatic heterocycles. The third-order valence-electron chi connectivity index (χ3n) is 2.48. The van der Waals surface area contributed by atoms with Crippen LogP contribution in [0.2, 0.25) is 0 Å². The Balaban J connectivity index is 2.14. The molecule has 2 rings (SSSR count). The molecular weight excluding hydrogens is 183 g/mol. The Labute approximate surface area is 81.7 Å². The second-order valence-electron chi connectivity index (χ2n) is 3.46. The third-order valence-corrected chi connectivity index (χ3v) is 2.48. The van der Waals surface area contributed by atoms with Gasteiger partial charge in [0.2, 0.25) is 0 Å². The number of rotatable bonds is 1. The molecule has 1 atom stereocenters. The van der Waals surface area contributed by atoms with E-state index in [0.717, 1.165) is 12.0 Å². The normalized spacial score (nSPS) is 21.8. The minimum Gasteiger partial charge on any atom is -0.466 e. The fourth-order valence-corrected chi connectivity index (χ4v) is 1.70. The number of carbonyl (C=O) groups excluding carboxylic acids is 1. The van der Waals surface area contributed by atoms with E-state index in [9.17, 15) is 9.18 Å². The number of halogens is 1. The van der Waals surface area contributed by atoms with Crippen LogP contribution < -0.4 is 0 Å². The Kier molecular flexibility index (Phi) is 2.48. The Hall–Kier alpha value is -1.38. The smallest absolute Gasteiger partial charge is 0.306 e. The molecule has 0 radical (unpaired) electrons. The molecule has 1 fully saturated rings. The predicted octanol–water partition coefficient (Wildman–Crippen LogP) is 2.25. The molecule has 0 N–H and O–H groups in total. The number of hydrogen-bond donors (Lipinski definition) is 0. The summed E-state index contributed by atoms with van der Waals surface area (Å²) in [5.74, 6) is -0.213. The predicted molar refractivity (Wildman–Crippen MR) is 49.3 cm³/mol. The number of carbonyl (C=O) groups is 1. The number of benzene rings is 1. The topological polar surface area (TPSA) is 26.3 Å². The molecule has 0 aromatic heterocycles. The van der Waals surface area contributed by atoms with Crippen LogP contribution in [0.5, 0.6) is 0 Å². The van der Waals surface area contributed by atoms with Crippen LogP contribution in [0.25, 0.3) is 0 Å². The summed E-state index contributed by atoms with van der Waals surface area (Å²) >= 11 is 0. The SMILES string of the molecule is O=C1C[C@H](c2ccc(F)cc2)CCO1. The van der Waals surface area contributed by atoms with Gasteiger partial charge in [0.05, 0.1) is 13.0 Å². The largest absolute Gasteiger partial charge is 0.466 e. The Morgan fingerprint density at radius 3 is 2.64 bits per heavy atom. The third kappa shape index (κ3) is 1.92. The summed E-state index contributed by atoms with van der Waals surface area (Å²) in [6.45, 7) is 0.473. The van der Waals surface area contributed by atoms with Gasteiger partial charge in [-0.1, -0.05) is 12.1 Å². The lowest BCUT2D eigenvalue weighted by atomic mass is 9.91. The zero-order chi connectivity index (χ0) is 9.97. The standard InChI is InChI=1S/C11H11FO2/c12-10-3-1-8(2-4-10)9-5-6-14-11(13)7-9/h1-4,9H,5-7H2/t9-/m1/s1. The Bertz CT molecular complexity index is 332. The summed E-state index contributed by atoms with van der Waals surface area (Å²) in [6.07, 6.45) is 1.24. The van der Waals surface area contributed by atoms with Crippen molar-refractivity contribution in [2.45, 2.75) is 18.8 Å². The van der Waals surface area contributed by atoms with Crippen molar-refractivity contribution in [3.05, 3.63) is 35.6 Å². The van der Waals surface area contributed by atoms with Gasteiger partial charge < -0.3 is 4.74 Å². The molecule has 0 bridgehead atoms. The van der Waals surface area contributed by atoms with Crippen LogP contribution in [-0.2, 0) is 9.53 Å². The Morgan fingerprint density at radius 1 is 1.29 bits per heavy atom. The molecule has 1 aromatic carbocycles. The first kappa shape index (κ1) is 9.19. The van der Waals surface area contributed by atoms with Crippen LogP contribution >= 0.6 is 0 Å². The van der Waals surface area contributed by atoms with E-state index in [4.69, 9.17) is 4.74 Å². The molecule has 0 spiro atoms. The van der Waals surface area contributed by atoms with Crippen LogP contribution in [0.3, 0.4) is 0 Å². The fraction of sp³-hybridized carbons (Fsp3) is 0.364. The zero-order valence-corrected chi connectivity index (χ0v) is 7.70. The van der Waals surface area contributed by atoms with Crippen molar-refractivity contribution in [3.8, 4) is 0 Å². The van der Waals surface area contributed by atoms with Crippen LogP contribution in [0, 0.1) is 5.82 Å². The lowest BCUT2D eigenvalue weighted by molar-refractivity contribution is -0.147. The molecule has 1 heterocycles. The van der Waals surface area contributed by atoms with Crippen molar-refractivity contribution in [2.24, 2.45) is 0 Å². The molecule has 0 saturated carbocycles. The van der Waals surface area contributed by atoms with Crippen LogP contribution in [0.1, 0.15) is 24.3 Å². The molecule has 1 saturated heterocycles. The van der Waals surface area contributed by atoms with Crippen molar-refractivity contribution < 1.29 is 13.9 Å². The zero-order valence-electron chi connectivity index (χ0n) is 7.70. The molecule has 2 nitrogen and oxygen atoms in total. The molecule has 0 aliphatic carbocycles. The van der Waals surface area contributed by atoms with Crippen LogP contribution in [0.15, 0.2) is 24.3 Å². The monoisotopic (exact) mass is 194 g/mol. The van der Waals surface area contributed by atoms with Crippen molar-refractivity contribution in [2.75, 3.05) is 6.61 Å². The molecule has 14 heavy (non-hydrogen) atoms. The minimum absolute atomic E-state index is 0.162. The first-order valence-electron chi connectivity index (χ1n) is 4.67. The first-order chi connectivity index (χ1) is 6.75.